The van der Waals surface area contributed by atoms with Crippen LogP contribution in [0.5, 0.6) is 0 Å². The van der Waals surface area contributed by atoms with Crippen molar-refractivity contribution in [3.05, 3.63) is 0 Å². The molecule has 0 aromatic rings. The van der Waals surface area contributed by atoms with Crippen LogP contribution in [-0.2, 0) is 14.3 Å². The Balaban J connectivity index is 2.08. The van der Waals surface area contributed by atoms with Crippen LogP contribution in [0, 0.1) is 5.41 Å². The van der Waals surface area contributed by atoms with Crippen LogP contribution < -0.4 is 5.32 Å². The highest BCUT2D eigenvalue weighted by Gasteiger charge is 2.46. The number of aliphatic hydroxyl groups is 1. The molecular formula is C14H23NO5. The van der Waals surface area contributed by atoms with Crippen molar-refractivity contribution in [2.75, 3.05) is 13.2 Å². The van der Waals surface area contributed by atoms with E-state index in [-0.39, 0.29) is 6.61 Å². The van der Waals surface area contributed by atoms with Crippen LogP contribution in [0.25, 0.3) is 0 Å². The summed E-state index contributed by atoms with van der Waals surface area (Å²) in [5.74, 6) is -1.49. The van der Waals surface area contributed by atoms with E-state index in [1.54, 1.807) is 0 Å². The molecule has 20 heavy (non-hydrogen) atoms. The van der Waals surface area contributed by atoms with Gasteiger partial charge >= 0.3 is 5.97 Å². The second kappa shape index (κ2) is 6.54. The number of carboxylic acids is 1. The molecule has 114 valence electrons. The molecule has 0 spiro atoms. The van der Waals surface area contributed by atoms with Crippen molar-refractivity contribution in [1.29, 1.82) is 0 Å². The predicted molar refractivity (Wildman–Crippen MR) is 71.1 cm³/mol. The molecule has 0 radical (unpaired) electrons. The molecule has 1 aliphatic carbocycles. The second-order valence-electron chi connectivity index (χ2n) is 5.81. The van der Waals surface area contributed by atoms with Crippen LogP contribution in [-0.4, -0.2) is 47.4 Å². The Hall–Kier alpha value is -1.14. The van der Waals surface area contributed by atoms with E-state index in [0.717, 1.165) is 25.7 Å². The number of carbonyl (C=O) groups excluding carboxylic acids is 1. The summed E-state index contributed by atoms with van der Waals surface area (Å²) >= 11 is 0. The van der Waals surface area contributed by atoms with Gasteiger partial charge in [0.15, 0.2) is 0 Å². The monoisotopic (exact) mass is 285 g/mol. The third kappa shape index (κ3) is 3.12. The van der Waals surface area contributed by atoms with Crippen LogP contribution >= 0.6 is 0 Å². The summed E-state index contributed by atoms with van der Waals surface area (Å²) < 4.78 is 5.11. The zero-order valence-corrected chi connectivity index (χ0v) is 11.6. The zero-order valence-electron chi connectivity index (χ0n) is 11.6. The molecule has 1 saturated carbocycles. The summed E-state index contributed by atoms with van der Waals surface area (Å²) in [6.45, 7) is 0.660. The van der Waals surface area contributed by atoms with Crippen LogP contribution in [0.4, 0.5) is 0 Å². The molecule has 0 unspecified atom stereocenters. The van der Waals surface area contributed by atoms with E-state index in [0.29, 0.717) is 25.9 Å². The van der Waals surface area contributed by atoms with Gasteiger partial charge in [0.2, 0.25) is 5.91 Å². The first kappa shape index (κ1) is 15.3. The van der Waals surface area contributed by atoms with Crippen LogP contribution in [0.3, 0.4) is 0 Å². The summed E-state index contributed by atoms with van der Waals surface area (Å²) in [5, 5.41) is 22.1. The number of carbonyl (C=O) groups is 2. The summed E-state index contributed by atoms with van der Waals surface area (Å²) in [5.41, 5.74) is -1.32. The van der Waals surface area contributed by atoms with Gasteiger partial charge in [-0.3, -0.25) is 9.59 Å². The number of hydrogen-bond donors (Lipinski definition) is 3. The molecule has 1 heterocycles. The Bertz CT molecular complexity index is 363. The summed E-state index contributed by atoms with van der Waals surface area (Å²) in [6, 6.07) is -0.407. The number of amides is 1. The summed E-state index contributed by atoms with van der Waals surface area (Å²) in [7, 11) is 0. The van der Waals surface area contributed by atoms with E-state index in [1.807, 2.05) is 0 Å². The number of nitrogens with one attached hydrogen (secondary N) is 1. The first-order valence-electron chi connectivity index (χ1n) is 7.36. The van der Waals surface area contributed by atoms with E-state index in [9.17, 15) is 19.8 Å². The Morgan fingerprint density at radius 2 is 1.80 bits per heavy atom. The van der Waals surface area contributed by atoms with E-state index in [4.69, 9.17) is 4.74 Å². The minimum Gasteiger partial charge on any atom is -0.480 e. The molecule has 2 aliphatic rings. The fourth-order valence-electron chi connectivity index (χ4n) is 3.07. The normalized spacial score (nSPS) is 30.2. The number of carboxylic acid groups (broad SMARTS) is 1. The van der Waals surface area contributed by atoms with Crippen molar-refractivity contribution in [2.45, 2.75) is 57.1 Å². The molecule has 1 aliphatic heterocycles. The molecule has 0 bridgehead atoms. The Kier molecular flexibility index (Phi) is 4.99. The third-order valence-corrected chi connectivity index (χ3v) is 4.44. The maximum Gasteiger partial charge on any atom is 0.319 e. The molecule has 2 fully saturated rings. The number of hydrogen-bond acceptors (Lipinski definition) is 4. The third-order valence-electron chi connectivity index (χ3n) is 4.44. The van der Waals surface area contributed by atoms with Gasteiger partial charge < -0.3 is 20.3 Å². The molecule has 3 N–H and O–H groups in total. The molecule has 6 heteroatoms. The minimum absolute atomic E-state index is 0.186. The first-order valence-corrected chi connectivity index (χ1v) is 7.36. The lowest BCUT2D eigenvalue weighted by Crippen LogP contribution is -2.55. The van der Waals surface area contributed by atoms with Gasteiger partial charge in [0.25, 0.3) is 0 Å². The van der Waals surface area contributed by atoms with Gasteiger partial charge in [0, 0.05) is 6.61 Å². The SMILES string of the molecule is O=C(O)C1(C(=O)N[C@@H]2CCOC[C@H]2O)CCCCCC1. The second-order valence-corrected chi connectivity index (χ2v) is 5.81. The highest BCUT2D eigenvalue weighted by molar-refractivity contribution is 6.02. The van der Waals surface area contributed by atoms with Crippen LogP contribution in [0.1, 0.15) is 44.9 Å². The van der Waals surface area contributed by atoms with Gasteiger partial charge in [-0.25, -0.2) is 0 Å². The lowest BCUT2D eigenvalue weighted by molar-refractivity contribution is -0.158. The molecule has 0 aromatic heterocycles. The quantitative estimate of drug-likeness (QED) is 0.523. The standard InChI is InChI=1S/C14H23NO5/c16-11-9-20-8-5-10(11)15-12(17)14(13(18)19)6-3-1-2-4-7-14/h10-11,16H,1-9H2,(H,15,17)(H,18,19)/t10-,11-/m1/s1. The zero-order chi connectivity index (χ0) is 14.6. The molecule has 0 aromatic carbocycles. The van der Waals surface area contributed by atoms with Crippen molar-refractivity contribution >= 4 is 11.9 Å². The van der Waals surface area contributed by atoms with Gasteiger partial charge in [0.1, 0.15) is 5.41 Å². The molecule has 6 nitrogen and oxygen atoms in total. The maximum atomic E-state index is 12.5. The maximum absolute atomic E-state index is 12.5. The van der Waals surface area contributed by atoms with E-state index in [2.05, 4.69) is 5.32 Å². The minimum atomic E-state index is -1.32. The van der Waals surface area contributed by atoms with E-state index < -0.39 is 29.4 Å². The lowest BCUT2D eigenvalue weighted by atomic mass is 9.79. The largest absolute Gasteiger partial charge is 0.480 e. The fraction of sp³-hybridized carbons (Fsp3) is 0.857. The Morgan fingerprint density at radius 3 is 2.35 bits per heavy atom. The van der Waals surface area contributed by atoms with Crippen molar-refractivity contribution < 1.29 is 24.5 Å². The van der Waals surface area contributed by atoms with Gasteiger partial charge in [-0.15, -0.1) is 0 Å². The number of aliphatic hydroxyl groups excluding tert-OH is 1. The van der Waals surface area contributed by atoms with Gasteiger partial charge in [0.05, 0.1) is 18.8 Å². The number of rotatable bonds is 3. The first-order chi connectivity index (χ1) is 9.56. The predicted octanol–water partition coefficient (Wildman–Crippen LogP) is 0.678. The van der Waals surface area contributed by atoms with Gasteiger partial charge in [-0.1, -0.05) is 25.7 Å². The van der Waals surface area contributed by atoms with Gasteiger partial charge in [-0.05, 0) is 19.3 Å². The number of aliphatic carboxylic acids is 1. The molecular weight excluding hydrogens is 262 g/mol. The summed E-state index contributed by atoms with van der Waals surface area (Å²) in [6.07, 6.45) is 3.99. The average molecular weight is 285 g/mol. The molecule has 2 rings (SSSR count). The topological polar surface area (TPSA) is 95.9 Å². The highest BCUT2D eigenvalue weighted by atomic mass is 16.5. The lowest BCUT2D eigenvalue weighted by Gasteiger charge is -2.33. The molecule has 1 saturated heterocycles. The number of ether oxygens (including phenoxy) is 1. The van der Waals surface area contributed by atoms with Crippen LogP contribution in [0.2, 0.25) is 0 Å². The smallest absolute Gasteiger partial charge is 0.319 e. The van der Waals surface area contributed by atoms with Crippen molar-refractivity contribution in [1.82, 2.24) is 5.32 Å². The van der Waals surface area contributed by atoms with Crippen molar-refractivity contribution in [3.63, 3.8) is 0 Å². The van der Waals surface area contributed by atoms with E-state index in [1.165, 1.54) is 0 Å². The Labute approximate surface area is 118 Å². The van der Waals surface area contributed by atoms with Crippen molar-refractivity contribution in [3.8, 4) is 0 Å². The highest BCUT2D eigenvalue weighted by Crippen LogP contribution is 2.36. The van der Waals surface area contributed by atoms with E-state index >= 15 is 0 Å². The summed E-state index contributed by atoms with van der Waals surface area (Å²) in [4.78, 5) is 24.1. The molecule has 1 amide bonds. The molecule has 2 atom stereocenters. The van der Waals surface area contributed by atoms with Crippen LogP contribution in [0.15, 0.2) is 0 Å². The van der Waals surface area contributed by atoms with Crippen molar-refractivity contribution in [2.24, 2.45) is 5.41 Å². The average Bonchev–Trinajstić information content (AvgIpc) is 2.68. The fourth-order valence-corrected chi connectivity index (χ4v) is 3.07. The van der Waals surface area contributed by atoms with Gasteiger partial charge in [-0.2, -0.15) is 0 Å². The Morgan fingerprint density at radius 1 is 1.15 bits per heavy atom.